The number of hydrogen-bond acceptors (Lipinski definition) is 3. The summed E-state index contributed by atoms with van der Waals surface area (Å²) < 4.78 is 25.4. The number of ether oxygens (including phenoxy) is 1. The Hall–Kier alpha value is -1.98. The van der Waals surface area contributed by atoms with Gasteiger partial charge >= 0.3 is 0 Å². The summed E-state index contributed by atoms with van der Waals surface area (Å²) >= 11 is -2.20. The molecule has 98 valence electrons. The number of rotatable bonds is 4. The van der Waals surface area contributed by atoms with Gasteiger partial charge in [0.15, 0.2) is 16.9 Å². The highest BCUT2D eigenvalue weighted by molar-refractivity contribution is 7.79. The van der Waals surface area contributed by atoms with Gasteiger partial charge in [0, 0.05) is 11.1 Å². The Bertz CT molecular complexity index is 623. The highest BCUT2D eigenvalue weighted by Crippen LogP contribution is 2.24. The van der Waals surface area contributed by atoms with Gasteiger partial charge in [-0.05, 0) is 18.2 Å². The van der Waals surface area contributed by atoms with E-state index in [1.54, 1.807) is 30.3 Å². The molecule has 2 rings (SSSR count). The molecule has 0 heterocycles. The Balaban J connectivity index is 2.44. The fourth-order valence-corrected chi connectivity index (χ4v) is 2.26. The van der Waals surface area contributed by atoms with Gasteiger partial charge in [-0.25, -0.2) is 4.21 Å². The van der Waals surface area contributed by atoms with Crippen LogP contribution in [0.5, 0.6) is 5.75 Å². The highest BCUT2D eigenvalue weighted by atomic mass is 32.2. The summed E-state index contributed by atoms with van der Waals surface area (Å²) in [4.78, 5) is 12.3. The first kappa shape index (κ1) is 13.5. The van der Waals surface area contributed by atoms with Crippen LogP contribution in [0.15, 0.2) is 53.4 Å². The Kier molecular flexibility index (Phi) is 4.09. The van der Waals surface area contributed by atoms with E-state index in [-0.39, 0.29) is 16.4 Å². The number of ketones is 1. The minimum atomic E-state index is -2.20. The van der Waals surface area contributed by atoms with Crippen molar-refractivity contribution in [3.8, 4) is 5.75 Å². The summed E-state index contributed by atoms with van der Waals surface area (Å²) in [5.74, 6) is 0.0837. The molecular formula is C14H12O4S. The first-order valence-electron chi connectivity index (χ1n) is 5.52. The maximum atomic E-state index is 12.2. The predicted octanol–water partition coefficient (Wildman–Crippen LogP) is 2.51. The zero-order valence-electron chi connectivity index (χ0n) is 10.2. The average Bonchev–Trinajstić information content (AvgIpc) is 2.46. The molecule has 0 amide bonds. The zero-order valence-corrected chi connectivity index (χ0v) is 11.0. The lowest BCUT2D eigenvalue weighted by Crippen LogP contribution is -2.03. The first-order chi connectivity index (χ1) is 9.13. The number of carbonyl (C=O) groups is 1. The molecule has 4 nitrogen and oxygen atoms in total. The Morgan fingerprint density at radius 1 is 1.11 bits per heavy atom. The van der Waals surface area contributed by atoms with Crippen molar-refractivity contribution >= 4 is 16.9 Å². The third-order valence-corrected chi connectivity index (χ3v) is 3.35. The van der Waals surface area contributed by atoms with E-state index in [1.807, 2.05) is 6.07 Å². The second kappa shape index (κ2) is 5.77. The lowest BCUT2D eigenvalue weighted by Gasteiger charge is -2.07. The molecule has 0 aliphatic carbocycles. The topological polar surface area (TPSA) is 63.6 Å². The van der Waals surface area contributed by atoms with E-state index < -0.39 is 11.1 Å². The van der Waals surface area contributed by atoms with Gasteiger partial charge in [-0.15, -0.1) is 0 Å². The molecule has 0 spiro atoms. The van der Waals surface area contributed by atoms with Crippen molar-refractivity contribution in [1.82, 2.24) is 0 Å². The minimum absolute atomic E-state index is 0.0873. The van der Waals surface area contributed by atoms with Gasteiger partial charge < -0.3 is 9.29 Å². The van der Waals surface area contributed by atoms with E-state index in [0.717, 1.165) is 0 Å². The molecule has 0 aromatic heterocycles. The summed E-state index contributed by atoms with van der Waals surface area (Å²) in [5.41, 5.74) is 0.881. The molecule has 5 heteroatoms. The van der Waals surface area contributed by atoms with Gasteiger partial charge in [-0.3, -0.25) is 4.79 Å². The monoisotopic (exact) mass is 276 g/mol. The maximum Gasteiger partial charge on any atom is 0.193 e. The predicted molar refractivity (Wildman–Crippen MR) is 71.9 cm³/mol. The van der Waals surface area contributed by atoms with Gasteiger partial charge in [0.05, 0.1) is 7.11 Å². The molecule has 0 radical (unpaired) electrons. The van der Waals surface area contributed by atoms with Gasteiger partial charge in [0.2, 0.25) is 0 Å². The van der Waals surface area contributed by atoms with Crippen LogP contribution >= 0.6 is 0 Å². The Morgan fingerprint density at radius 3 is 2.37 bits per heavy atom. The van der Waals surface area contributed by atoms with Crippen LogP contribution in [0.3, 0.4) is 0 Å². The van der Waals surface area contributed by atoms with Crippen LogP contribution in [0.4, 0.5) is 0 Å². The van der Waals surface area contributed by atoms with Crippen LogP contribution in [0, 0.1) is 0 Å². The molecule has 0 saturated heterocycles. The Labute approximate surface area is 113 Å². The number of methoxy groups -OCH3 is 1. The summed E-state index contributed by atoms with van der Waals surface area (Å²) in [7, 11) is 1.41. The largest absolute Gasteiger partial charge is 0.495 e. The van der Waals surface area contributed by atoms with Crippen LogP contribution in [-0.4, -0.2) is 21.7 Å². The van der Waals surface area contributed by atoms with E-state index in [2.05, 4.69) is 0 Å². The molecule has 2 aromatic carbocycles. The van der Waals surface area contributed by atoms with Crippen LogP contribution < -0.4 is 4.74 Å². The van der Waals surface area contributed by atoms with Crippen molar-refractivity contribution in [3.63, 3.8) is 0 Å². The van der Waals surface area contributed by atoms with Crippen LogP contribution in [0.1, 0.15) is 15.9 Å². The third-order valence-electron chi connectivity index (χ3n) is 2.65. The summed E-state index contributed by atoms with van der Waals surface area (Å²) in [6, 6.07) is 13.2. The maximum absolute atomic E-state index is 12.2. The van der Waals surface area contributed by atoms with Crippen LogP contribution in [0.2, 0.25) is 0 Å². The highest BCUT2D eigenvalue weighted by Gasteiger charge is 2.14. The number of carbonyl (C=O) groups excluding carboxylic acids is 1. The SMILES string of the molecule is COc1ccc(C(=O)c2ccccc2)cc1S(=O)O. The van der Waals surface area contributed by atoms with Crippen LogP contribution in [0.25, 0.3) is 0 Å². The molecule has 0 aliphatic rings. The van der Waals surface area contributed by atoms with E-state index >= 15 is 0 Å². The van der Waals surface area contributed by atoms with Crippen molar-refractivity contribution in [2.75, 3.05) is 7.11 Å². The van der Waals surface area contributed by atoms with Crippen LogP contribution in [-0.2, 0) is 11.1 Å². The molecular weight excluding hydrogens is 264 g/mol. The minimum Gasteiger partial charge on any atom is -0.495 e. The quantitative estimate of drug-likeness (QED) is 0.688. The first-order valence-corrected chi connectivity index (χ1v) is 6.63. The molecule has 0 bridgehead atoms. The van der Waals surface area contributed by atoms with Gasteiger partial charge in [0.25, 0.3) is 0 Å². The average molecular weight is 276 g/mol. The Morgan fingerprint density at radius 2 is 1.79 bits per heavy atom. The van der Waals surface area contributed by atoms with E-state index in [0.29, 0.717) is 11.1 Å². The lowest BCUT2D eigenvalue weighted by molar-refractivity contribution is 0.103. The standard InChI is InChI=1S/C14H12O4S/c1-18-12-8-7-11(9-13(12)19(16)17)14(15)10-5-3-2-4-6-10/h2-9H,1H3,(H,16,17). The van der Waals surface area contributed by atoms with Gasteiger partial charge in [0.1, 0.15) is 10.6 Å². The molecule has 0 aliphatic heterocycles. The summed E-state index contributed by atoms with van der Waals surface area (Å²) in [6.45, 7) is 0. The van der Waals surface area contributed by atoms with Crippen molar-refractivity contribution in [1.29, 1.82) is 0 Å². The van der Waals surface area contributed by atoms with Crippen molar-refractivity contribution in [3.05, 3.63) is 59.7 Å². The third kappa shape index (κ3) is 2.89. The normalized spacial score (nSPS) is 11.9. The molecule has 19 heavy (non-hydrogen) atoms. The van der Waals surface area contributed by atoms with Crippen molar-refractivity contribution in [2.45, 2.75) is 4.90 Å². The van der Waals surface area contributed by atoms with E-state index in [1.165, 1.54) is 19.2 Å². The molecule has 0 saturated carbocycles. The molecule has 2 aromatic rings. The fraction of sp³-hybridized carbons (Fsp3) is 0.0714. The van der Waals surface area contributed by atoms with E-state index in [9.17, 15) is 13.6 Å². The lowest BCUT2D eigenvalue weighted by atomic mass is 10.0. The second-order valence-electron chi connectivity index (χ2n) is 3.81. The molecule has 1 atom stereocenters. The van der Waals surface area contributed by atoms with Crippen molar-refractivity contribution in [2.24, 2.45) is 0 Å². The fourth-order valence-electron chi connectivity index (χ4n) is 1.71. The van der Waals surface area contributed by atoms with Gasteiger partial charge in [-0.1, -0.05) is 30.3 Å². The molecule has 0 fully saturated rings. The number of benzene rings is 2. The second-order valence-corrected chi connectivity index (χ2v) is 4.75. The summed E-state index contributed by atoms with van der Waals surface area (Å²) in [6.07, 6.45) is 0. The van der Waals surface area contributed by atoms with Crippen molar-refractivity contribution < 1.29 is 18.3 Å². The smallest absolute Gasteiger partial charge is 0.193 e. The zero-order chi connectivity index (χ0) is 13.8. The van der Waals surface area contributed by atoms with E-state index in [4.69, 9.17) is 4.74 Å². The molecule has 1 N–H and O–H groups in total. The molecule has 1 unspecified atom stereocenters. The number of hydrogen-bond donors (Lipinski definition) is 1. The summed E-state index contributed by atoms with van der Waals surface area (Å²) in [5, 5.41) is 0. The van der Waals surface area contributed by atoms with Gasteiger partial charge in [-0.2, -0.15) is 0 Å².